The fraction of sp³-hybridized carbons (Fsp3) is 0.0526. The summed E-state index contributed by atoms with van der Waals surface area (Å²) in [6.45, 7) is 0. The molecule has 2 nitrogen and oxygen atoms in total. The lowest BCUT2D eigenvalue weighted by molar-refractivity contribution is 0.477. The zero-order chi connectivity index (χ0) is 15.5. The fourth-order valence-corrected chi connectivity index (χ4v) is 2.64. The molecule has 0 aliphatic heterocycles. The number of aromatic hydroxyl groups is 1. The summed E-state index contributed by atoms with van der Waals surface area (Å²) in [5.41, 5.74) is 10.5. The highest BCUT2D eigenvalue weighted by molar-refractivity contribution is 6.30. The Morgan fingerprint density at radius 3 is 2.32 bits per heavy atom. The van der Waals surface area contributed by atoms with Gasteiger partial charge in [-0.05, 0) is 59.5 Å². The van der Waals surface area contributed by atoms with E-state index >= 15 is 0 Å². The number of phenolic OH excluding ortho intramolecular Hbond substituents is 1. The number of phenols is 1. The number of nitrogen functional groups attached to an aromatic ring is 1. The van der Waals surface area contributed by atoms with Crippen LogP contribution >= 0.6 is 11.6 Å². The van der Waals surface area contributed by atoms with Crippen molar-refractivity contribution in [1.82, 2.24) is 0 Å². The molecule has 0 saturated heterocycles. The van der Waals surface area contributed by atoms with Crippen molar-refractivity contribution in [2.24, 2.45) is 0 Å². The molecule has 110 valence electrons. The summed E-state index contributed by atoms with van der Waals surface area (Å²) < 4.78 is 0. The van der Waals surface area contributed by atoms with Crippen molar-refractivity contribution < 1.29 is 5.11 Å². The van der Waals surface area contributed by atoms with E-state index < -0.39 is 0 Å². The average molecular weight is 310 g/mol. The molecule has 0 bridgehead atoms. The van der Waals surface area contributed by atoms with E-state index in [-0.39, 0.29) is 5.75 Å². The topological polar surface area (TPSA) is 46.2 Å². The Morgan fingerprint density at radius 2 is 1.59 bits per heavy atom. The Bertz CT molecular complexity index is 797. The number of hydrogen-bond acceptors (Lipinski definition) is 2. The molecule has 0 heterocycles. The SMILES string of the molecule is Nc1ccc(Cc2ccc(O)c(-c3cccc(Cl)c3)c2)cc1. The predicted octanol–water partition coefficient (Wildman–Crippen LogP) is 4.89. The van der Waals surface area contributed by atoms with Crippen LogP contribution in [-0.4, -0.2) is 5.11 Å². The van der Waals surface area contributed by atoms with Gasteiger partial charge < -0.3 is 10.8 Å². The average Bonchev–Trinajstić information content (AvgIpc) is 2.51. The van der Waals surface area contributed by atoms with Gasteiger partial charge in [-0.1, -0.05) is 41.9 Å². The number of hydrogen-bond donors (Lipinski definition) is 2. The van der Waals surface area contributed by atoms with E-state index in [0.29, 0.717) is 5.02 Å². The maximum atomic E-state index is 10.1. The van der Waals surface area contributed by atoms with Gasteiger partial charge in [-0.3, -0.25) is 0 Å². The van der Waals surface area contributed by atoms with Gasteiger partial charge in [0.2, 0.25) is 0 Å². The molecule has 0 radical (unpaired) electrons. The van der Waals surface area contributed by atoms with Gasteiger partial charge >= 0.3 is 0 Å². The summed E-state index contributed by atoms with van der Waals surface area (Å²) in [4.78, 5) is 0. The van der Waals surface area contributed by atoms with Crippen LogP contribution in [0.3, 0.4) is 0 Å². The molecule has 3 aromatic carbocycles. The first-order chi connectivity index (χ1) is 10.6. The monoisotopic (exact) mass is 309 g/mol. The van der Waals surface area contributed by atoms with Gasteiger partial charge in [-0.25, -0.2) is 0 Å². The molecule has 0 aliphatic rings. The van der Waals surface area contributed by atoms with Gasteiger partial charge in [0, 0.05) is 16.3 Å². The minimum absolute atomic E-state index is 0.253. The number of nitrogens with two attached hydrogens (primary N) is 1. The highest BCUT2D eigenvalue weighted by Gasteiger charge is 2.07. The standard InChI is InChI=1S/C19H16ClNO/c20-16-3-1-2-15(12-16)18-11-14(6-9-19(18)22)10-13-4-7-17(21)8-5-13/h1-9,11-12,22H,10,21H2. The van der Waals surface area contributed by atoms with Crippen molar-refractivity contribution in [2.75, 3.05) is 5.73 Å². The summed E-state index contributed by atoms with van der Waals surface area (Å²) in [5, 5.41) is 10.8. The smallest absolute Gasteiger partial charge is 0.123 e. The number of halogens is 1. The molecule has 0 spiro atoms. The highest BCUT2D eigenvalue weighted by atomic mass is 35.5. The Kier molecular flexibility index (Phi) is 4.03. The Balaban J connectivity index is 1.94. The van der Waals surface area contributed by atoms with Crippen molar-refractivity contribution in [2.45, 2.75) is 6.42 Å². The predicted molar refractivity (Wildman–Crippen MR) is 92.2 cm³/mol. The molecule has 0 saturated carbocycles. The van der Waals surface area contributed by atoms with E-state index in [4.69, 9.17) is 17.3 Å². The molecular formula is C19H16ClNO. The normalized spacial score (nSPS) is 10.6. The molecule has 0 unspecified atom stereocenters. The molecule has 0 amide bonds. The molecular weight excluding hydrogens is 294 g/mol. The van der Waals surface area contributed by atoms with Crippen LogP contribution in [-0.2, 0) is 6.42 Å². The lowest BCUT2D eigenvalue weighted by Gasteiger charge is -2.09. The van der Waals surface area contributed by atoms with Crippen molar-refractivity contribution in [3.8, 4) is 16.9 Å². The largest absolute Gasteiger partial charge is 0.507 e. The molecule has 0 fully saturated rings. The Morgan fingerprint density at radius 1 is 0.864 bits per heavy atom. The van der Waals surface area contributed by atoms with Gasteiger partial charge in [-0.2, -0.15) is 0 Å². The lowest BCUT2D eigenvalue weighted by Crippen LogP contribution is -1.91. The summed E-state index contributed by atoms with van der Waals surface area (Å²) in [6.07, 6.45) is 0.786. The van der Waals surface area contributed by atoms with Crippen LogP contribution in [0.5, 0.6) is 5.75 Å². The van der Waals surface area contributed by atoms with Crippen LogP contribution in [0.15, 0.2) is 66.7 Å². The van der Waals surface area contributed by atoms with E-state index in [1.807, 2.05) is 60.7 Å². The van der Waals surface area contributed by atoms with E-state index in [0.717, 1.165) is 28.8 Å². The van der Waals surface area contributed by atoms with Crippen molar-refractivity contribution in [1.29, 1.82) is 0 Å². The number of rotatable bonds is 3. The fourth-order valence-electron chi connectivity index (χ4n) is 2.45. The van der Waals surface area contributed by atoms with Crippen LogP contribution < -0.4 is 5.73 Å². The summed E-state index contributed by atoms with van der Waals surface area (Å²) in [5.74, 6) is 0.253. The minimum Gasteiger partial charge on any atom is -0.507 e. The molecule has 3 rings (SSSR count). The first-order valence-corrected chi connectivity index (χ1v) is 7.42. The van der Waals surface area contributed by atoms with Crippen molar-refractivity contribution >= 4 is 17.3 Å². The molecule has 3 N–H and O–H groups in total. The molecule has 3 heteroatoms. The zero-order valence-corrected chi connectivity index (χ0v) is 12.7. The summed E-state index contributed by atoms with van der Waals surface area (Å²) in [6, 6.07) is 21.0. The van der Waals surface area contributed by atoms with Gasteiger partial charge in [0.05, 0.1) is 0 Å². The third-order valence-corrected chi connectivity index (χ3v) is 3.82. The first-order valence-electron chi connectivity index (χ1n) is 7.04. The lowest BCUT2D eigenvalue weighted by atomic mass is 9.98. The number of benzene rings is 3. The van der Waals surface area contributed by atoms with Crippen LogP contribution in [0.1, 0.15) is 11.1 Å². The summed E-state index contributed by atoms with van der Waals surface area (Å²) >= 11 is 6.04. The van der Waals surface area contributed by atoms with Gasteiger partial charge in [0.25, 0.3) is 0 Å². The number of anilines is 1. The van der Waals surface area contributed by atoms with Crippen molar-refractivity contribution in [3.05, 3.63) is 82.9 Å². The van der Waals surface area contributed by atoms with Crippen LogP contribution in [0, 0.1) is 0 Å². The molecule has 22 heavy (non-hydrogen) atoms. The van der Waals surface area contributed by atoms with E-state index in [1.165, 1.54) is 5.56 Å². The highest BCUT2D eigenvalue weighted by Crippen LogP contribution is 2.32. The van der Waals surface area contributed by atoms with Gasteiger partial charge in [0.15, 0.2) is 0 Å². The second-order valence-electron chi connectivity index (χ2n) is 5.28. The van der Waals surface area contributed by atoms with Crippen LogP contribution in [0.25, 0.3) is 11.1 Å². The molecule has 0 atom stereocenters. The Labute approximate surface area is 134 Å². The zero-order valence-electron chi connectivity index (χ0n) is 12.0. The van der Waals surface area contributed by atoms with Gasteiger partial charge in [-0.15, -0.1) is 0 Å². The van der Waals surface area contributed by atoms with Crippen LogP contribution in [0.4, 0.5) is 5.69 Å². The van der Waals surface area contributed by atoms with E-state index in [1.54, 1.807) is 6.07 Å². The molecule has 0 aliphatic carbocycles. The summed E-state index contributed by atoms with van der Waals surface area (Å²) in [7, 11) is 0. The quantitative estimate of drug-likeness (QED) is 0.677. The van der Waals surface area contributed by atoms with E-state index in [9.17, 15) is 5.11 Å². The second-order valence-corrected chi connectivity index (χ2v) is 5.72. The van der Waals surface area contributed by atoms with Gasteiger partial charge in [0.1, 0.15) is 5.75 Å². The third-order valence-electron chi connectivity index (χ3n) is 3.58. The molecule has 3 aromatic rings. The maximum Gasteiger partial charge on any atom is 0.123 e. The minimum atomic E-state index is 0.253. The second kappa shape index (κ2) is 6.12. The first kappa shape index (κ1) is 14.5. The van der Waals surface area contributed by atoms with Crippen molar-refractivity contribution in [3.63, 3.8) is 0 Å². The third kappa shape index (κ3) is 3.23. The maximum absolute atomic E-state index is 10.1. The van der Waals surface area contributed by atoms with Crippen LogP contribution in [0.2, 0.25) is 5.02 Å². The molecule has 0 aromatic heterocycles. The van der Waals surface area contributed by atoms with E-state index in [2.05, 4.69) is 0 Å². The Hall–Kier alpha value is -2.45.